The molecular weight excluding hydrogens is 268 g/mol. The van der Waals surface area contributed by atoms with E-state index < -0.39 is 0 Å². The van der Waals surface area contributed by atoms with Gasteiger partial charge in [-0.25, -0.2) is 0 Å². The van der Waals surface area contributed by atoms with Crippen molar-refractivity contribution < 1.29 is 4.79 Å². The Morgan fingerprint density at radius 3 is 2.89 bits per heavy atom. The van der Waals surface area contributed by atoms with Gasteiger partial charge in [0, 0.05) is 19.1 Å². The molecule has 1 saturated heterocycles. The first kappa shape index (κ1) is 18.1. The number of likely N-dealkylation sites (tertiary alicyclic amines) is 1. The van der Waals surface area contributed by atoms with Crippen molar-refractivity contribution in [3.63, 3.8) is 0 Å². The summed E-state index contributed by atoms with van der Waals surface area (Å²) in [7, 11) is 1.96. The van der Waals surface area contributed by atoms with Crippen molar-refractivity contribution in [3.8, 4) is 0 Å². The molecule has 108 valence electrons. The molecule has 0 radical (unpaired) electrons. The van der Waals surface area contributed by atoms with E-state index in [0.717, 1.165) is 31.7 Å². The van der Waals surface area contributed by atoms with E-state index in [2.05, 4.69) is 24.1 Å². The second-order valence-corrected chi connectivity index (χ2v) is 6.20. The summed E-state index contributed by atoms with van der Waals surface area (Å²) in [6.45, 7) is 6.12. The molecule has 5 heteroatoms. The Kier molecular flexibility index (Phi) is 9.97. The summed E-state index contributed by atoms with van der Waals surface area (Å²) in [6.07, 6.45) is 4.73. The van der Waals surface area contributed by atoms with E-state index >= 15 is 0 Å². The molecular formula is C13H27ClN2OS. The van der Waals surface area contributed by atoms with Crippen molar-refractivity contribution in [2.75, 3.05) is 25.9 Å². The van der Waals surface area contributed by atoms with E-state index in [9.17, 15) is 4.79 Å². The first-order valence-electron chi connectivity index (χ1n) is 6.77. The van der Waals surface area contributed by atoms with Gasteiger partial charge in [-0.2, -0.15) is 0 Å². The van der Waals surface area contributed by atoms with Crippen LogP contribution in [0.3, 0.4) is 0 Å². The van der Waals surface area contributed by atoms with Crippen LogP contribution in [0.15, 0.2) is 0 Å². The largest absolute Gasteiger partial charge is 0.337 e. The molecule has 0 spiro atoms. The number of rotatable bonds is 7. The van der Waals surface area contributed by atoms with E-state index in [1.54, 1.807) is 11.8 Å². The van der Waals surface area contributed by atoms with Gasteiger partial charge in [-0.3, -0.25) is 4.79 Å². The predicted molar refractivity (Wildman–Crippen MR) is 82.7 cm³/mol. The number of unbranched alkanes of at least 4 members (excludes halogenated alkanes) is 1. The number of nitrogens with one attached hydrogen (secondary N) is 1. The second kappa shape index (κ2) is 9.93. The number of carbonyl (C=O) groups is 1. The molecule has 3 nitrogen and oxygen atoms in total. The minimum absolute atomic E-state index is 0. The normalized spacial score (nSPS) is 20.6. The standard InChI is InChI=1S/C13H26N2OS.ClH/c1-4-5-9-17-11(2)13(16)15-8-6-7-12(15)10-14-3;/h11-12,14H,4-10H2,1-3H3;1H. The molecule has 1 fully saturated rings. The van der Waals surface area contributed by atoms with E-state index in [0.29, 0.717) is 11.9 Å². The fourth-order valence-corrected chi connectivity index (χ4v) is 3.37. The third-order valence-electron chi connectivity index (χ3n) is 3.31. The van der Waals surface area contributed by atoms with Crippen molar-refractivity contribution in [1.82, 2.24) is 10.2 Å². The van der Waals surface area contributed by atoms with E-state index in [1.807, 2.05) is 7.05 Å². The number of carbonyl (C=O) groups excluding carboxylic acids is 1. The Morgan fingerprint density at radius 2 is 2.28 bits per heavy atom. The highest BCUT2D eigenvalue weighted by atomic mass is 35.5. The van der Waals surface area contributed by atoms with Crippen LogP contribution < -0.4 is 5.32 Å². The van der Waals surface area contributed by atoms with Crippen LogP contribution in [0, 0.1) is 0 Å². The van der Waals surface area contributed by atoms with Crippen LogP contribution in [0.5, 0.6) is 0 Å². The molecule has 1 heterocycles. The van der Waals surface area contributed by atoms with Crippen LogP contribution in [0.2, 0.25) is 0 Å². The van der Waals surface area contributed by atoms with Gasteiger partial charge in [-0.15, -0.1) is 24.2 Å². The van der Waals surface area contributed by atoms with Gasteiger partial charge < -0.3 is 10.2 Å². The maximum atomic E-state index is 12.3. The summed E-state index contributed by atoms with van der Waals surface area (Å²) in [5.74, 6) is 1.44. The van der Waals surface area contributed by atoms with Crippen LogP contribution in [-0.4, -0.2) is 48.0 Å². The molecule has 0 aromatic heterocycles. The fraction of sp³-hybridized carbons (Fsp3) is 0.923. The van der Waals surface area contributed by atoms with Crippen molar-refractivity contribution in [2.45, 2.75) is 50.8 Å². The van der Waals surface area contributed by atoms with Crippen LogP contribution in [0.1, 0.15) is 39.5 Å². The van der Waals surface area contributed by atoms with Gasteiger partial charge in [0.05, 0.1) is 5.25 Å². The average Bonchev–Trinajstić information content (AvgIpc) is 2.77. The minimum atomic E-state index is 0. The molecule has 0 saturated carbocycles. The van der Waals surface area contributed by atoms with E-state index in [1.165, 1.54) is 12.8 Å². The molecule has 0 aliphatic carbocycles. The Labute approximate surface area is 122 Å². The average molecular weight is 295 g/mol. The molecule has 1 rings (SSSR count). The monoisotopic (exact) mass is 294 g/mol. The summed E-state index contributed by atoms with van der Waals surface area (Å²) in [4.78, 5) is 14.4. The molecule has 0 bridgehead atoms. The summed E-state index contributed by atoms with van der Waals surface area (Å²) in [5.41, 5.74) is 0. The molecule has 0 aromatic carbocycles. The van der Waals surface area contributed by atoms with Gasteiger partial charge in [-0.05, 0) is 39.0 Å². The third kappa shape index (κ3) is 5.37. The zero-order chi connectivity index (χ0) is 12.7. The van der Waals surface area contributed by atoms with Crippen LogP contribution in [-0.2, 0) is 4.79 Å². The highest BCUT2D eigenvalue weighted by Crippen LogP contribution is 2.22. The topological polar surface area (TPSA) is 32.3 Å². The zero-order valence-electron chi connectivity index (χ0n) is 11.8. The fourth-order valence-electron chi connectivity index (χ4n) is 2.28. The number of nitrogens with zero attached hydrogens (tertiary/aromatic N) is 1. The molecule has 1 N–H and O–H groups in total. The van der Waals surface area contributed by atoms with Gasteiger partial charge in [-0.1, -0.05) is 13.3 Å². The van der Waals surface area contributed by atoms with Crippen molar-refractivity contribution in [1.29, 1.82) is 0 Å². The summed E-state index contributed by atoms with van der Waals surface area (Å²) >= 11 is 1.80. The van der Waals surface area contributed by atoms with Crippen LogP contribution in [0.25, 0.3) is 0 Å². The molecule has 2 unspecified atom stereocenters. The lowest BCUT2D eigenvalue weighted by Gasteiger charge is -2.27. The Hall–Kier alpha value is 0.0700. The number of hydrogen-bond donors (Lipinski definition) is 1. The molecule has 18 heavy (non-hydrogen) atoms. The number of thioether (sulfide) groups is 1. The molecule has 1 amide bonds. The number of hydrogen-bond acceptors (Lipinski definition) is 3. The lowest BCUT2D eigenvalue weighted by molar-refractivity contribution is -0.131. The lowest BCUT2D eigenvalue weighted by Crippen LogP contribution is -2.44. The van der Waals surface area contributed by atoms with Gasteiger partial charge in [0.1, 0.15) is 0 Å². The maximum absolute atomic E-state index is 12.3. The molecule has 1 aliphatic rings. The Bertz CT molecular complexity index is 241. The second-order valence-electron chi connectivity index (χ2n) is 4.75. The number of amides is 1. The SMILES string of the molecule is CCCCSC(C)C(=O)N1CCCC1CNC.Cl. The number of likely N-dealkylation sites (N-methyl/N-ethyl adjacent to an activating group) is 1. The van der Waals surface area contributed by atoms with Crippen molar-refractivity contribution in [2.24, 2.45) is 0 Å². The highest BCUT2D eigenvalue weighted by Gasteiger charge is 2.30. The van der Waals surface area contributed by atoms with Crippen LogP contribution >= 0.6 is 24.2 Å². The summed E-state index contributed by atoms with van der Waals surface area (Å²) in [5, 5.41) is 3.31. The number of halogens is 1. The van der Waals surface area contributed by atoms with Crippen molar-refractivity contribution in [3.05, 3.63) is 0 Å². The summed E-state index contributed by atoms with van der Waals surface area (Å²) in [6, 6.07) is 0.418. The predicted octanol–water partition coefficient (Wildman–Crippen LogP) is 2.54. The smallest absolute Gasteiger partial charge is 0.235 e. The maximum Gasteiger partial charge on any atom is 0.235 e. The highest BCUT2D eigenvalue weighted by molar-refractivity contribution is 8.00. The van der Waals surface area contributed by atoms with Crippen LogP contribution in [0.4, 0.5) is 0 Å². The van der Waals surface area contributed by atoms with E-state index in [-0.39, 0.29) is 17.7 Å². The summed E-state index contributed by atoms with van der Waals surface area (Å²) < 4.78 is 0. The van der Waals surface area contributed by atoms with Gasteiger partial charge in [0.15, 0.2) is 0 Å². The van der Waals surface area contributed by atoms with Gasteiger partial charge >= 0.3 is 0 Å². The molecule has 1 aliphatic heterocycles. The van der Waals surface area contributed by atoms with E-state index in [4.69, 9.17) is 0 Å². The Balaban J connectivity index is 0.00000289. The Morgan fingerprint density at radius 1 is 1.56 bits per heavy atom. The molecule has 0 aromatic rings. The van der Waals surface area contributed by atoms with Crippen molar-refractivity contribution >= 4 is 30.1 Å². The quantitative estimate of drug-likeness (QED) is 0.733. The zero-order valence-corrected chi connectivity index (χ0v) is 13.4. The van der Waals surface area contributed by atoms with Gasteiger partial charge in [0.2, 0.25) is 5.91 Å². The van der Waals surface area contributed by atoms with Gasteiger partial charge in [0.25, 0.3) is 0 Å². The first-order chi connectivity index (χ1) is 8.20. The third-order valence-corrected chi connectivity index (χ3v) is 4.54. The first-order valence-corrected chi connectivity index (χ1v) is 7.82. The minimum Gasteiger partial charge on any atom is -0.337 e. The lowest BCUT2D eigenvalue weighted by atomic mass is 10.2. The molecule has 2 atom stereocenters.